The molecular formula is C19H27NO. The fourth-order valence-electron chi connectivity index (χ4n) is 5.89. The molecule has 1 aromatic rings. The molecule has 3 unspecified atom stereocenters. The minimum absolute atomic E-state index is 0.610. The van der Waals surface area contributed by atoms with Gasteiger partial charge in [0.25, 0.3) is 0 Å². The van der Waals surface area contributed by atoms with E-state index in [-0.39, 0.29) is 0 Å². The third-order valence-corrected chi connectivity index (χ3v) is 7.31. The molecule has 2 nitrogen and oxygen atoms in total. The van der Waals surface area contributed by atoms with Gasteiger partial charge in [-0.05, 0) is 90.9 Å². The van der Waals surface area contributed by atoms with Gasteiger partial charge in [-0.2, -0.15) is 5.90 Å². The summed E-state index contributed by atoms with van der Waals surface area (Å²) in [5.74, 6) is 9.68. The molecule has 114 valence electrons. The molecule has 1 aromatic carbocycles. The summed E-state index contributed by atoms with van der Waals surface area (Å²) < 4.78 is 0. The lowest BCUT2D eigenvalue weighted by atomic mass is 9.54. The summed E-state index contributed by atoms with van der Waals surface area (Å²) in [7, 11) is 0. The van der Waals surface area contributed by atoms with E-state index in [0.29, 0.717) is 5.41 Å². The second-order valence-corrected chi connectivity index (χ2v) is 7.92. The highest BCUT2D eigenvalue weighted by Crippen LogP contribution is 2.62. The first-order valence-corrected chi connectivity index (χ1v) is 8.63. The van der Waals surface area contributed by atoms with E-state index in [1.54, 1.807) is 5.56 Å². The lowest BCUT2D eigenvalue weighted by Crippen LogP contribution is -2.41. The summed E-state index contributed by atoms with van der Waals surface area (Å²) in [6.45, 7) is 5.06. The highest BCUT2D eigenvalue weighted by Gasteiger charge is 2.53. The van der Waals surface area contributed by atoms with Crippen LogP contribution >= 0.6 is 0 Å². The lowest BCUT2D eigenvalue weighted by Gasteiger charge is -2.50. The van der Waals surface area contributed by atoms with E-state index in [1.807, 2.05) is 6.07 Å². The van der Waals surface area contributed by atoms with Gasteiger partial charge in [-0.25, -0.2) is 0 Å². The van der Waals surface area contributed by atoms with Crippen LogP contribution in [0.15, 0.2) is 18.2 Å². The molecule has 2 N–H and O–H groups in total. The zero-order valence-corrected chi connectivity index (χ0v) is 13.3. The van der Waals surface area contributed by atoms with E-state index in [9.17, 15) is 0 Å². The highest BCUT2D eigenvalue weighted by molar-refractivity contribution is 5.40. The van der Waals surface area contributed by atoms with Crippen molar-refractivity contribution in [3.63, 3.8) is 0 Å². The summed E-state index contributed by atoms with van der Waals surface area (Å²) in [5, 5.41) is 0. The third kappa shape index (κ3) is 1.88. The van der Waals surface area contributed by atoms with Crippen LogP contribution in [-0.4, -0.2) is 0 Å². The Hall–Kier alpha value is -1.02. The molecule has 0 radical (unpaired) electrons. The summed E-state index contributed by atoms with van der Waals surface area (Å²) in [5.41, 5.74) is 3.68. The van der Waals surface area contributed by atoms with Gasteiger partial charge in [0, 0.05) is 0 Å². The number of hydrogen-bond acceptors (Lipinski definition) is 2. The van der Waals surface area contributed by atoms with Crippen molar-refractivity contribution >= 4 is 0 Å². The number of hydrogen-bond donors (Lipinski definition) is 1. The van der Waals surface area contributed by atoms with E-state index >= 15 is 0 Å². The van der Waals surface area contributed by atoms with Gasteiger partial charge in [0.2, 0.25) is 0 Å². The van der Waals surface area contributed by atoms with Crippen molar-refractivity contribution < 1.29 is 4.84 Å². The van der Waals surface area contributed by atoms with Crippen LogP contribution < -0.4 is 10.7 Å². The summed E-state index contributed by atoms with van der Waals surface area (Å²) in [6.07, 6.45) is 8.25. The molecule has 2 heteroatoms. The minimum atomic E-state index is 0.610. The van der Waals surface area contributed by atoms with Crippen LogP contribution in [-0.2, 0) is 6.42 Å². The Kier molecular flexibility index (Phi) is 3.08. The fourth-order valence-corrected chi connectivity index (χ4v) is 5.89. The van der Waals surface area contributed by atoms with Gasteiger partial charge >= 0.3 is 0 Å². The topological polar surface area (TPSA) is 35.2 Å². The molecule has 3 aliphatic rings. The van der Waals surface area contributed by atoms with Gasteiger partial charge in [0.15, 0.2) is 0 Å². The third-order valence-electron chi connectivity index (χ3n) is 7.31. The van der Waals surface area contributed by atoms with Crippen LogP contribution in [0.5, 0.6) is 5.75 Å². The first kappa shape index (κ1) is 13.6. The Balaban J connectivity index is 1.68. The molecular weight excluding hydrogens is 258 g/mol. The van der Waals surface area contributed by atoms with Crippen molar-refractivity contribution in [1.29, 1.82) is 0 Å². The van der Waals surface area contributed by atoms with Gasteiger partial charge in [0.1, 0.15) is 5.75 Å². The minimum Gasteiger partial charge on any atom is -0.412 e. The Labute approximate surface area is 128 Å². The van der Waals surface area contributed by atoms with E-state index < -0.39 is 0 Å². The first-order chi connectivity index (χ1) is 10.1. The number of fused-ring (bicyclic) bond motifs is 5. The van der Waals surface area contributed by atoms with Gasteiger partial charge in [-0.3, -0.25) is 0 Å². The molecule has 0 heterocycles. The van der Waals surface area contributed by atoms with Crippen LogP contribution in [0.2, 0.25) is 0 Å². The second-order valence-electron chi connectivity index (χ2n) is 7.92. The summed E-state index contributed by atoms with van der Waals surface area (Å²) >= 11 is 0. The maximum Gasteiger partial charge on any atom is 0.147 e. The van der Waals surface area contributed by atoms with Crippen LogP contribution in [0.3, 0.4) is 0 Å². The molecule has 0 amide bonds. The number of aryl methyl sites for hydroxylation is 1. The SMILES string of the molecule is C[C@H]1CCC2C3CCc4cc(ON)ccc4C3CC[C@@]21C. The standard InChI is InChI=1S/C19H27NO/c1-12-3-8-18-17-6-4-13-11-14(21-20)5-7-15(13)16(17)9-10-19(12,18)2/h5,7,11-12,16-18H,3-4,6,8-10,20H2,1-2H3/t12-,16?,17?,18?,19+/m0/s1. The Morgan fingerprint density at radius 2 is 2.05 bits per heavy atom. The number of benzene rings is 1. The van der Waals surface area contributed by atoms with Gasteiger partial charge < -0.3 is 4.84 Å². The summed E-state index contributed by atoms with van der Waals surface area (Å²) in [4.78, 5) is 4.92. The zero-order chi connectivity index (χ0) is 14.6. The van der Waals surface area contributed by atoms with Crippen molar-refractivity contribution in [3.8, 4) is 5.75 Å². The zero-order valence-electron chi connectivity index (χ0n) is 13.3. The van der Waals surface area contributed by atoms with Crippen LogP contribution in [0, 0.1) is 23.2 Å². The summed E-state index contributed by atoms with van der Waals surface area (Å²) in [6, 6.07) is 6.50. The molecule has 0 spiro atoms. The molecule has 0 bridgehead atoms. The molecule has 0 aromatic heterocycles. The molecule has 0 aliphatic heterocycles. The molecule has 0 saturated heterocycles. The monoisotopic (exact) mass is 285 g/mol. The van der Waals surface area contributed by atoms with Crippen molar-refractivity contribution in [3.05, 3.63) is 29.3 Å². The molecule has 5 atom stereocenters. The maximum absolute atomic E-state index is 5.32. The van der Waals surface area contributed by atoms with E-state index in [4.69, 9.17) is 10.7 Å². The largest absolute Gasteiger partial charge is 0.412 e. The quantitative estimate of drug-likeness (QED) is 0.775. The van der Waals surface area contributed by atoms with Crippen LogP contribution in [0.25, 0.3) is 0 Å². The molecule has 4 rings (SSSR count). The number of nitrogens with two attached hydrogens (primary N) is 1. The second kappa shape index (κ2) is 4.74. The predicted molar refractivity (Wildman–Crippen MR) is 85.0 cm³/mol. The van der Waals surface area contributed by atoms with Crippen molar-refractivity contribution in [2.45, 2.75) is 58.3 Å². The van der Waals surface area contributed by atoms with Crippen molar-refractivity contribution in [2.24, 2.45) is 29.1 Å². The van der Waals surface area contributed by atoms with Crippen molar-refractivity contribution in [2.75, 3.05) is 0 Å². The van der Waals surface area contributed by atoms with Gasteiger partial charge in [-0.15, -0.1) is 0 Å². The highest BCUT2D eigenvalue weighted by atomic mass is 16.6. The molecule has 2 saturated carbocycles. The first-order valence-electron chi connectivity index (χ1n) is 8.63. The smallest absolute Gasteiger partial charge is 0.147 e. The van der Waals surface area contributed by atoms with Crippen LogP contribution in [0.1, 0.15) is 63.0 Å². The normalized spacial score (nSPS) is 41.1. The van der Waals surface area contributed by atoms with Crippen LogP contribution in [0.4, 0.5) is 0 Å². The Bertz CT molecular complexity index is 554. The molecule has 21 heavy (non-hydrogen) atoms. The fraction of sp³-hybridized carbons (Fsp3) is 0.684. The van der Waals surface area contributed by atoms with E-state index in [2.05, 4.69) is 26.0 Å². The Morgan fingerprint density at radius 3 is 2.86 bits per heavy atom. The maximum atomic E-state index is 5.32. The van der Waals surface area contributed by atoms with E-state index in [0.717, 1.165) is 29.4 Å². The lowest BCUT2D eigenvalue weighted by molar-refractivity contribution is 0.0336. The predicted octanol–water partition coefficient (Wildman–Crippen LogP) is 4.43. The van der Waals surface area contributed by atoms with Gasteiger partial charge in [-0.1, -0.05) is 19.9 Å². The van der Waals surface area contributed by atoms with Crippen molar-refractivity contribution in [1.82, 2.24) is 0 Å². The van der Waals surface area contributed by atoms with Gasteiger partial charge in [0.05, 0.1) is 0 Å². The average molecular weight is 285 g/mol. The molecule has 2 fully saturated rings. The number of rotatable bonds is 1. The molecule has 3 aliphatic carbocycles. The Morgan fingerprint density at radius 1 is 1.19 bits per heavy atom. The van der Waals surface area contributed by atoms with E-state index in [1.165, 1.54) is 44.1 Å². The average Bonchev–Trinajstić information content (AvgIpc) is 2.82.